The Balaban J connectivity index is 2.35. The molecule has 1 atom stereocenters. The Bertz CT molecular complexity index is 464. The zero-order valence-corrected chi connectivity index (χ0v) is 14.4. The first kappa shape index (κ1) is 18.0. The molecule has 0 aliphatic rings. The molecule has 0 fully saturated rings. The molecule has 1 N–H and O–H groups in total. The van der Waals surface area contributed by atoms with Crippen LogP contribution in [0.3, 0.4) is 0 Å². The molecule has 0 aromatic carbocycles. The molecule has 1 unspecified atom stereocenters. The standard InChI is InChI=1S/C14H26N4O2S/c1-6-15-14(3,12(19)20-5)9-7-8-10-21-13-17-16-11(2)18(13)4/h15H,6-10H2,1-5H3. The van der Waals surface area contributed by atoms with Gasteiger partial charge in [-0.05, 0) is 33.2 Å². The maximum Gasteiger partial charge on any atom is 0.325 e. The van der Waals surface area contributed by atoms with E-state index in [-0.39, 0.29) is 5.97 Å². The van der Waals surface area contributed by atoms with Gasteiger partial charge in [-0.3, -0.25) is 4.79 Å². The van der Waals surface area contributed by atoms with Gasteiger partial charge in [0.05, 0.1) is 7.11 Å². The average Bonchev–Trinajstić information content (AvgIpc) is 2.78. The number of esters is 1. The van der Waals surface area contributed by atoms with Crippen molar-refractivity contribution in [3.63, 3.8) is 0 Å². The summed E-state index contributed by atoms with van der Waals surface area (Å²) in [6.45, 7) is 6.59. The molecule has 1 aromatic rings. The number of methoxy groups -OCH3 is 1. The highest BCUT2D eigenvalue weighted by atomic mass is 32.2. The van der Waals surface area contributed by atoms with Gasteiger partial charge in [-0.15, -0.1) is 10.2 Å². The monoisotopic (exact) mass is 314 g/mol. The molecule has 0 saturated heterocycles. The molecule has 21 heavy (non-hydrogen) atoms. The van der Waals surface area contributed by atoms with Crippen molar-refractivity contribution in [2.24, 2.45) is 7.05 Å². The minimum Gasteiger partial charge on any atom is -0.468 e. The topological polar surface area (TPSA) is 69.0 Å². The van der Waals surface area contributed by atoms with Gasteiger partial charge in [0.1, 0.15) is 11.4 Å². The van der Waals surface area contributed by atoms with Crippen LogP contribution in [0.25, 0.3) is 0 Å². The highest BCUT2D eigenvalue weighted by molar-refractivity contribution is 7.99. The van der Waals surface area contributed by atoms with E-state index in [1.807, 2.05) is 32.4 Å². The van der Waals surface area contributed by atoms with E-state index in [9.17, 15) is 4.79 Å². The smallest absolute Gasteiger partial charge is 0.325 e. The van der Waals surface area contributed by atoms with Crippen molar-refractivity contribution in [3.05, 3.63) is 5.82 Å². The van der Waals surface area contributed by atoms with E-state index in [4.69, 9.17) is 4.74 Å². The number of ether oxygens (including phenoxy) is 1. The van der Waals surface area contributed by atoms with E-state index in [1.165, 1.54) is 7.11 Å². The van der Waals surface area contributed by atoms with E-state index in [0.29, 0.717) is 0 Å². The molecule has 0 aliphatic carbocycles. The number of nitrogens with zero attached hydrogens (tertiary/aromatic N) is 3. The number of carbonyl (C=O) groups excluding carboxylic acids is 1. The molecule has 1 rings (SSSR count). The maximum absolute atomic E-state index is 11.8. The van der Waals surface area contributed by atoms with Crippen LogP contribution >= 0.6 is 11.8 Å². The number of rotatable bonds is 9. The van der Waals surface area contributed by atoms with E-state index >= 15 is 0 Å². The third-order valence-corrected chi connectivity index (χ3v) is 4.66. The van der Waals surface area contributed by atoms with Crippen molar-refractivity contribution < 1.29 is 9.53 Å². The van der Waals surface area contributed by atoms with Gasteiger partial charge >= 0.3 is 5.97 Å². The van der Waals surface area contributed by atoms with Crippen molar-refractivity contribution in [3.8, 4) is 0 Å². The summed E-state index contributed by atoms with van der Waals surface area (Å²) in [5.41, 5.74) is -0.588. The minimum absolute atomic E-state index is 0.194. The number of likely N-dealkylation sites (N-methyl/N-ethyl adjacent to an activating group) is 1. The van der Waals surface area contributed by atoms with Gasteiger partial charge in [0.2, 0.25) is 0 Å². The SMILES string of the molecule is CCNC(C)(CCCCSc1nnc(C)n1C)C(=O)OC. The fourth-order valence-electron chi connectivity index (χ4n) is 2.14. The average molecular weight is 314 g/mol. The second kappa shape index (κ2) is 8.38. The van der Waals surface area contributed by atoms with Crippen LogP contribution in [-0.2, 0) is 16.6 Å². The Hall–Kier alpha value is -1.08. The van der Waals surface area contributed by atoms with Gasteiger partial charge in [-0.2, -0.15) is 0 Å². The lowest BCUT2D eigenvalue weighted by Gasteiger charge is -2.27. The number of aromatic nitrogens is 3. The van der Waals surface area contributed by atoms with Gasteiger partial charge in [0.25, 0.3) is 0 Å². The van der Waals surface area contributed by atoms with E-state index in [0.717, 1.165) is 42.5 Å². The van der Waals surface area contributed by atoms with Crippen molar-refractivity contribution in [2.75, 3.05) is 19.4 Å². The number of nitrogens with one attached hydrogen (secondary N) is 1. The Kier molecular flexibility index (Phi) is 7.17. The van der Waals surface area contributed by atoms with Crippen LogP contribution in [0.2, 0.25) is 0 Å². The molecule has 0 amide bonds. The zero-order chi connectivity index (χ0) is 15.9. The molecule has 120 valence electrons. The molecule has 0 bridgehead atoms. The highest BCUT2D eigenvalue weighted by Crippen LogP contribution is 2.20. The van der Waals surface area contributed by atoms with Crippen LogP contribution in [-0.4, -0.2) is 45.7 Å². The van der Waals surface area contributed by atoms with Crippen LogP contribution in [0, 0.1) is 6.92 Å². The molecular formula is C14H26N4O2S. The summed E-state index contributed by atoms with van der Waals surface area (Å²) in [6, 6.07) is 0. The molecular weight excluding hydrogens is 288 g/mol. The molecule has 1 heterocycles. The third kappa shape index (κ3) is 5.00. The predicted octanol–water partition coefficient (Wildman–Crippen LogP) is 1.93. The van der Waals surface area contributed by atoms with Crippen molar-refractivity contribution in [2.45, 2.75) is 50.7 Å². The summed E-state index contributed by atoms with van der Waals surface area (Å²) in [7, 11) is 3.40. The first-order valence-corrected chi connectivity index (χ1v) is 8.25. The first-order chi connectivity index (χ1) is 9.94. The van der Waals surface area contributed by atoms with E-state index < -0.39 is 5.54 Å². The van der Waals surface area contributed by atoms with Crippen molar-refractivity contribution in [1.82, 2.24) is 20.1 Å². The number of hydrogen-bond acceptors (Lipinski definition) is 6. The van der Waals surface area contributed by atoms with Crippen LogP contribution in [0.4, 0.5) is 0 Å². The first-order valence-electron chi connectivity index (χ1n) is 7.27. The van der Waals surface area contributed by atoms with Crippen LogP contribution < -0.4 is 5.32 Å². The number of unbranched alkanes of at least 4 members (excludes halogenated alkanes) is 1. The highest BCUT2D eigenvalue weighted by Gasteiger charge is 2.32. The molecule has 1 aromatic heterocycles. The van der Waals surface area contributed by atoms with Gasteiger partial charge in [-0.1, -0.05) is 25.1 Å². The maximum atomic E-state index is 11.8. The van der Waals surface area contributed by atoms with Crippen LogP contribution in [0.1, 0.15) is 38.9 Å². The zero-order valence-electron chi connectivity index (χ0n) is 13.6. The minimum atomic E-state index is -0.588. The van der Waals surface area contributed by atoms with Crippen molar-refractivity contribution >= 4 is 17.7 Å². The fraction of sp³-hybridized carbons (Fsp3) is 0.786. The second-order valence-electron chi connectivity index (χ2n) is 5.25. The predicted molar refractivity (Wildman–Crippen MR) is 84.4 cm³/mol. The molecule has 0 radical (unpaired) electrons. The van der Waals surface area contributed by atoms with E-state index in [1.54, 1.807) is 11.8 Å². The number of hydrogen-bond donors (Lipinski definition) is 1. The third-order valence-electron chi connectivity index (χ3n) is 3.56. The summed E-state index contributed by atoms with van der Waals surface area (Å²) >= 11 is 1.70. The summed E-state index contributed by atoms with van der Waals surface area (Å²) in [5.74, 6) is 1.69. The summed E-state index contributed by atoms with van der Waals surface area (Å²) in [5, 5.41) is 12.3. The summed E-state index contributed by atoms with van der Waals surface area (Å²) < 4.78 is 6.87. The Morgan fingerprint density at radius 2 is 2.14 bits per heavy atom. The summed E-state index contributed by atoms with van der Waals surface area (Å²) in [4.78, 5) is 11.8. The number of carbonyl (C=O) groups is 1. The van der Waals surface area contributed by atoms with Crippen molar-refractivity contribution in [1.29, 1.82) is 0 Å². The Labute approximate surface area is 131 Å². The number of aryl methyl sites for hydroxylation is 1. The Morgan fingerprint density at radius 3 is 2.67 bits per heavy atom. The van der Waals surface area contributed by atoms with E-state index in [2.05, 4.69) is 15.5 Å². The lowest BCUT2D eigenvalue weighted by Crippen LogP contribution is -2.50. The molecule has 0 saturated carbocycles. The quantitative estimate of drug-likeness (QED) is 0.427. The van der Waals surface area contributed by atoms with Crippen LogP contribution in [0.5, 0.6) is 0 Å². The normalized spacial score (nSPS) is 14.0. The molecule has 0 aliphatic heterocycles. The van der Waals surface area contributed by atoms with Gasteiger partial charge in [-0.25, -0.2) is 0 Å². The molecule has 7 heteroatoms. The number of thioether (sulfide) groups is 1. The molecule has 0 spiro atoms. The molecule has 6 nitrogen and oxygen atoms in total. The lowest BCUT2D eigenvalue weighted by atomic mass is 9.95. The summed E-state index contributed by atoms with van der Waals surface area (Å²) in [6.07, 6.45) is 2.75. The fourth-order valence-corrected chi connectivity index (χ4v) is 3.09. The van der Waals surface area contributed by atoms with Gasteiger partial charge in [0.15, 0.2) is 5.16 Å². The van der Waals surface area contributed by atoms with Gasteiger partial charge < -0.3 is 14.6 Å². The largest absolute Gasteiger partial charge is 0.468 e. The van der Waals surface area contributed by atoms with Gasteiger partial charge in [0, 0.05) is 12.8 Å². The second-order valence-corrected chi connectivity index (χ2v) is 6.31. The Morgan fingerprint density at radius 1 is 1.43 bits per heavy atom. The van der Waals surface area contributed by atoms with Crippen LogP contribution in [0.15, 0.2) is 5.16 Å². The lowest BCUT2D eigenvalue weighted by molar-refractivity contribution is -0.148.